The molecule has 2 N–H and O–H groups in total. The topological polar surface area (TPSA) is 32.3 Å². The van der Waals surface area contributed by atoms with Crippen molar-refractivity contribution < 1.29 is 5.11 Å². The van der Waals surface area contributed by atoms with E-state index in [-0.39, 0.29) is 0 Å². The van der Waals surface area contributed by atoms with Gasteiger partial charge in [0, 0.05) is 17.5 Å². The van der Waals surface area contributed by atoms with Crippen molar-refractivity contribution in [1.29, 1.82) is 0 Å². The predicted molar refractivity (Wildman–Crippen MR) is 64.1 cm³/mol. The Morgan fingerprint density at radius 1 is 1.67 bits per heavy atom. The first-order chi connectivity index (χ1) is 7.09. The van der Waals surface area contributed by atoms with Gasteiger partial charge < -0.3 is 10.4 Å². The van der Waals surface area contributed by atoms with Gasteiger partial charge in [0.05, 0.1) is 0 Å². The second-order valence-corrected chi connectivity index (χ2v) is 5.71. The minimum absolute atomic E-state index is 0.538. The summed E-state index contributed by atoms with van der Waals surface area (Å²) in [6, 6.07) is 4.52. The van der Waals surface area contributed by atoms with Gasteiger partial charge >= 0.3 is 0 Å². The molecule has 1 saturated carbocycles. The molecule has 3 heteroatoms. The van der Waals surface area contributed by atoms with Crippen molar-refractivity contribution in [2.75, 3.05) is 6.54 Å². The van der Waals surface area contributed by atoms with Crippen molar-refractivity contribution in [1.82, 2.24) is 5.32 Å². The molecule has 84 valence electrons. The monoisotopic (exact) mass is 225 g/mol. The summed E-state index contributed by atoms with van der Waals surface area (Å²) in [5, 5.41) is 15.7. The van der Waals surface area contributed by atoms with Crippen molar-refractivity contribution in [2.24, 2.45) is 5.92 Å². The molecule has 0 bridgehead atoms. The first-order valence-corrected chi connectivity index (χ1v) is 6.47. The minimum atomic E-state index is -0.725. The Morgan fingerprint density at radius 3 is 2.93 bits per heavy atom. The third-order valence-electron chi connectivity index (χ3n) is 3.15. The smallest absolute Gasteiger partial charge is 0.108 e. The van der Waals surface area contributed by atoms with E-state index in [9.17, 15) is 5.11 Å². The van der Waals surface area contributed by atoms with Crippen molar-refractivity contribution in [3.8, 4) is 0 Å². The fourth-order valence-electron chi connectivity index (χ4n) is 1.79. The molecule has 2 nitrogen and oxygen atoms in total. The zero-order chi connectivity index (χ0) is 10.9. The second kappa shape index (κ2) is 4.24. The number of hydrogen-bond acceptors (Lipinski definition) is 3. The third-order valence-corrected chi connectivity index (χ3v) is 4.27. The van der Waals surface area contributed by atoms with E-state index in [1.54, 1.807) is 11.3 Å². The van der Waals surface area contributed by atoms with Gasteiger partial charge in [-0.25, -0.2) is 0 Å². The maximum absolute atomic E-state index is 10.3. The Balaban J connectivity index is 1.87. The molecule has 2 rings (SSSR count). The maximum Gasteiger partial charge on any atom is 0.108 e. The summed E-state index contributed by atoms with van der Waals surface area (Å²) in [7, 11) is 0. The van der Waals surface area contributed by atoms with Crippen LogP contribution in [0.5, 0.6) is 0 Å². The highest BCUT2D eigenvalue weighted by atomic mass is 32.1. The lowest BCUT2D eigenvalue weighted by atomic mass is 10.0. The molecule has 1 aromatic rings. The summed E-state index contributed by atoms with van der Waals surface area (Å²) in [4.78, 5) is 1.04. The third kappa shape index (κ3) is 2.80. The molecule has 1 aliphatic carbocycles. The van der Waals surface area contributed by atoms with E-state index in [4.69, 9.17) is 0 Å². The van der Waals surface area contributed by atoms with Crippen LogP contribution in [0.15, 0.2) is 17.5 Å². The molecule has 1 heterocycles. The molecule has 0 aliphatic heterocycles. The number of rotatable bonds is 5. The summed E-state index contributed by atoms with van der Waals surface area (Å²) in [6.07, 6.45) is 2.69. The Labute approximate surface area is 95.3 Å². The van der Waals surface area contributed by atoms with E-state index >= 15 is 0 Å². The molecule has 0 amide bonds. The molecule has 2 unspecified atom stereocenters. The van der Waals surface area contributed by atoms with Gasteiger partial charge in [-0.15, -0.1) is 11.3 Å². The Bertz CT molecular complexity index is 303. The van der Waals surface area contributed by atoms with Crippen LogP contribution in [-0.4, -0.2) is 17.7 Å². The quantitative estimate of drug-likeness (QED) is 0.806. The highest BCUT2D eigenvalue weighted by Crippen LogP contribution is 2.33. The van der Waals surface area contributed by atoms with Crippen molar-refractivity contribution in [3.05, 3.63) is 22.4 Å². The van der Waals surface area contributed by atoms with Crippen LogP contribution in [0.4, 0.5) is 0 Å². The van der Waals surface area contributed by atoms with Crippen molar-refractivity contribution >= 4 is 11.3 Å². The molecular formula is C12H19NOS. The molecule has 0 saturated heterocycles. The largest absolute Gasteiger partial charge is 0.383 e. The van der Waals surface area contributed by atoms with Crippen LogP contribution in [0, 0.1) is 5.92 Å². The summed E-state index contributed by atoms with van der Waals surface area (Å²) in [6.45, 7) is 4.73. The molecule has 0 spiro atoms. The van der Waals surface area contributed by atoms with E-state index in [1.165, 1.54) is 12.8 Å². The zero-order valence-electron chi connectivity index (χ0n) is 9.36. The molecule has 15 heavy (non-hydrogen) atoms. The van der Waals surface area contributed by atoms with Gasteiger partial charge in [0.2, 0.25) is 0 Å². The first kappa shape index (κ1) is 11.1. The van der Waals surface area contributed by atoms with E-state index < -0.39 is 5.60 Å². The van der Waals surface area contributed by atoms with Crippen LogP contribution in [0.1, 0.15) is 31.6 Å². The SMILES string of the molecule is CC(NCC(C)(O)c1cccs1)C1CC1. The fraction of sp³-hybridized carbons (Fsp3) is 0.667. The van der Waals surface area contributed by atoms with Crippen LogP contribution in [0.25, 0.3) is 0 Å². The Kier molecular flexibility index (Phi) is 3.14. The summed E-state index contributed by atoms with van der Waals surface area (Å²) in [5.41, 5.74) is -0.725. The van der Waals surface area contributed by atoms with Gasteiger partial charge in [-0.2, -0.15) is 0 Å². The van der Waals surface area contributed by atoms with Gasteiger partial charge in [0.1, 0.15) is 5.60 Å². The van der Waals surface area contributed by atoms with Gasteiger partial charge in [-0.3, -0.25) is 0 Å². The van der Waals surface area contributed by atoms with E-state index in [0.717, 1.165) is 10.8 Å². The number of hydrogen-bond donors (Lipinski definition) is 2. The average molecular weight is 225 g/mol. The van der Waals surface area contributed by atoms with Crippen molar-refractivity contribution in [2.45, 2.75) is 38.3 Å². The Morgan fingerprint density at radius 2 is 2.40 bits per heavy atom. The zero-order valence-corrected chi connectivity index (χ0v) is 10.2. The molecule has 0 aromatic carbocycles. The maximum atomic E-state index is 10.3. The molecule has 0 radical (unpaired) electrons. The second-order valence-electron chi connectivity index (χ2n) is 4.76. The summed E-state index contributed by atoms with van der Waals surface area (Å²) >= 11 is 1.62. The van der Waals surface area contributed by atoms with E-state index in [0.29, 0.717) is 12.6 Å². The molecule has 1 aromatic heterocycles. The number of thiophene rings is 1. The van der Waals surface area contributed by atoms with Gasteiger partial charge in [0.15, 0.2) is 0 Å². The predicted octanol–water partition coefficient (Wildman–Crippen LogP) is 2.34. The van der Waals surface area contributed by atoms with Gasteiger partial charge in [-0.1, -0.05) is 6.07 Å². The summed E-state index contributed by atoms with van der Waals surface area (Å²) in [5.74, 6) is 0.837. The lowest BCUT2D eigenvalue weighted by Gasteiger charge is -2.25. The first-order valence-electron chi connectivity index (χ1n) is 5.59. The summed E-state index contributed by atoms with van der Waals surface area (Å²) < 4.78 is 0. The lowest BCUT2D eigenvalue weighted by Crippen LogP contribution is -2.40. The van der Waals surface area contributed by atoms with Crippen LogP contribution < -0.4 is 5.32 Å². The fourth-order valence-corrected chi connectivity index (χ4v) is 2.58. The Hall–Kier alpha value is -0.380. The lowest BCUT2D eigenvalue weighted by molar-refractivity contribution is 0.0573. The van der Waals surface area contributed by atoms with E-state index in [1.807, 2.05) is 24.4 Å². The number of nitrogens with one attached hydrogen (secondary N) is 1. The molecule has 1 fully saturated rings. The van der Waals surface area contributed by atoms with Crippen LogP contribution in [0.3, 0.4) is 0 Å². The highest BCUT2D eigenvalue weighted by molar-refractivity contribution is 7.10. The van der Waals surface area contributed by atoms with Crippen LogP contribution in [0.2, 0.25) is 0 Å². The average Bonchev–Trinajstić information content (AvgIpc) is 2.89. The molecule has 1 aliphatic rings. The van der Waals surface area contributed by atoms with Crippen molar-refractivity contribution in [3.63, 3.8) is 0 Å². The van der Waals surface area contributed by atoms with Crippen LogP contribution >= 0.6 is 11.3 Å². The van der Waals surface area contributed by atoms with E-state index in [2.05, 4.69) is 12.2 Å². The highest BCUT2D eigenvalue weighted by Gasteiger charge is 2.30. The standard InChI is InChI=1S/C12H19NOS/c1-9(10-5-6-10)13-8-12(2,14)11-4-3-7-15-11/h3-4,7,9-10,13-14H,5-6,8H2,1-2H3. The number of aliphatic hydroxyl groups is 1. The normalized spacial score (nSPS) is 22.3. The molecular weight excluding hydrogens is 206 g/mol. The van der Waals surface area contributed by atoms with Crippen LogP contribution in [-0.2, 0) is 5.60 Å². The molecule has 2 atom stereocenters. The van der Waals surface area contributed by atoms with Gasteiger partial charge in [0.25, 0.3) is 0 Å². The minimum Gasteiger partial charge on any atom is -0.383 e. The van der Waals surface area contributed by atoms with Gasteiger partial charge in [-0.05, 0) is 44.1 Å².